The number of hydrogen-bond donors (Lipinski definition) is 1. The molecule has 0 saturated carbocycles. The Hall–Kier alpha value is -1.07. The number of halogens is 3. The van der Waals surface area contributed by atoms with Gasteiger partial charge in [0.1, 0.15) is 0 Å². The van der Waals surface area contributed by atoms with Crippen LogP contribution in [0.3, 0.4) is 0 Å². The average Bonchev–Trinajstić information content (AvgIpc) is 2.47. The number of benzene rings is 1. The lowest BCUT2D eigenvalue weighted by molar-refractivity contribution is -0.187. The molecule has 1 aliphatic heterocycles. The van der Waals surface area contributed by atoms with Crippen LogP contribution in [0.25, 0.3) is 0 Å². The first-order valence-electron chi connectivity index (χ1n) is 7.46. The molecule has 1 N–H and O–H groups in total. The molecule has 2 nitrogen and oxygen atoms in total. The summed E-state index contributed by atoms with van der Waals surface area (Å²) in [5, 5.41) is 10.2. The van der Waals surface area contributed by atoms with Gasteiger partial charge in [0, 0.05) is 13.1 Å². The molecule has 2 unspecified atom stereocenters. The number of hydrogen-bond acceptors (Lipinski definition) is 2. The summed E-state index contributed by atoms with van der Waals surface area (Å²) in [5.41, 5.74) is 1.95. The largest absolute Gasteiger partial charge is 0.393 e. The first kappa shape index (κ1) is 16.3. The van der Waals surface area contributed by atoms with E-state index in [-0.39, 0.29) is 19.5 Å². The molecule has 1 aliphatic rings. The first-order chi connectivity index (χ1) is 9.90. The minimum Gasteiger partial charge on any atom is -0.387 e. The van der Waals surface area contributed by atoms with Gasteiger partial charge in [0.2, 0.25) is 0 Å². The fourth-order valence-corrected chi connectivity index (χ4v) is 2.81. The zero-order chi connectivity index (χ0) is 15.5. The van der Waals surface area contributed by atoms with Crippen molar-refractivity contribution < 1.29 is 18.3 Å². The van der Waals surface area contributed by atoms with Gasteiger partial charge in [0.05, 0.1) is 12.0 Å². The van der Waals surface area contributed by atoms with E-state index in [0.29, 0.717) is 13.0 Å². The normalized spacial score (nSPS) is 22.2. The molecule has 0 aromatic heterocycles. The smallest absolute Gasteiger partial charge is 0.387 e. The van der Waals surface area contributed by atoms with Crippen LogP contribution in [0.2, 0.25) is 0 Å². The van der Waals surface area contributed by atoms with Crippen LogP contribution < -0.4 is 0 Å². The zero-order valence-electron chi connectivity index (χ0n) is 12.2. The van der Waals surface area contributed by atoms with Gasteiger partial charge < -0.3 is 5.11 Å². The topological polar surface area (TPSA) is 23.5 Å². The fraction of sp³-hybridized carbons (Fsp3) is 0.625. The second-order valence-corrected chi connectivity index (χ2v) is 5.75. The van der Waals surface area contributed by atoms with E-state index in [0.717, 1.165) is 12.0 Å². The van der Waals surface area contributed by atoms with Crippen LogP contribution in [-0.2, 0) is 6.42 Å². The average molecular weight is 301 g/mol. The lowest BCUT2D eigenvalue weighted by Crippen LogP contribution is -2.43. The Morgan fingerprint density at radius 2 is 1.95 bits per heavy atom. The van der Waals surface area contributed by atoms with Crippen LogP contribution in [0.1, 0.15) is 37.0 Å². The Balaban J connectivity index is 1.93. The van der Waals surface area contributed by atoms with Gasteiger partial charge in [0.15, 0.2) is 0 Å². The zero-order valence-corrected chi connectivity index (χ0v) is 12.2. The third kappa shape index (κ3) is 4.45. The predicted molar refractivity (Wildman–Crippen MR) is 76.0 cm³/mol. The summed E-state index contributed by atoms with van der Waals surface area (Å²) in [4.78, 5) is 1.72. The second-order valence-electron chi connectivity index (χ2n) is 5.75. The number of rotatable bonds is 4. The van der Waals surface area contributed by atoms with Crippen molar-refractivity contribution in [3.63, 3.8) is 0 Å². The molecule has 0 aliphatic carbocycles. The summed E-state index contributed by atoms with van der Waals surface area (Å²) in [6, 6.07) is 7.62. The van der Waals surface area contributed by atoms with Crippen molar-refractivity contribution in [2.75, 3.05) is 19.6 Å². The van der Waals surface area contributed by atoms with E-state index in [9.17, 15) is 18.3 Å². The quantitative estimate of drug-likeness (QED) is 0.919. The van der Waals surface area contributed by atoms with Gasteiger partial charge in [-0.05, 0) is 36.9 Å². The van der Waals surface area contributed by atoms with Gasteiger partial charge in [-0.2, -0.15) is 13.2 Å². The van der Waals surface area contributed by atoms with Gasteiger partial charge >= 0.3 is 6.18 Å². The van der Waals surface area contributed by atoms with E-state index in [1.807, 2.05) is 24.3 Å². The Bertz CT molecular complexity index is 444. The van der Waals surface area contributed by atoms with Crippen molar-refractivity contribution in [2.45, 2.75) is 38.5 Å². The molecule has 0 bridgehead atoms. The molecule has 21 heavy (non-hydrogen) atoms. The maximum Gasteiger partial charge on any atom is 0.393 e. The van der Waals surface area contributed by atoms with Gasteiger partial charge in [-0.3, -0.25) is 4.90 Å². The highest BCUT2D eigenvalue weighted by atomic mass is 19.4. The van der Waals surface area contributed by atoms with Gasteiger partial charge in [-0.15, -0.1) is 0 Å². The van der Waals surface area contributed by atoms with Gasteiger partial charge in [-0.1, -0.05) is 31.2 Å². The molecule has 2 atom stereocenters. The molecule has 0 amide bonds. The minimum absolute atomic E-state index is 0.00635. The summed E-state index contributed by atoms with van der Waals surface area (Å²) in [6.45, 7) is 2.93. The van der Waals surface area contributed by atoms with Crippen LogP contribution in [0, 0.1) is 5.92 Å². The van der Waals surface area contributed by atoms with Crippen molar-refractivity contribution in [1.29, 1.82) is 0 Å². The van der Waals surface area contributed by atoms with Crippen LogP contribution >= 0.6 is 0 Å². The van der Waals surface area contributed by atoms with E-state index in [4.69, 9.17) is 0 Å². The number of likely N-dealkylation sites (tertiary alicyclic amines) is 1. The molecule has 5 heteroatoms. The van der Waals surface area contributed by atoms with Crippen molar-refractivity contribution in [3.05, 3.63) is 35.4 Å². The molecule has 1 aromatic rings. The molecule has 0 spiro atoms. The maximum absolute atomic E-state index is 12.8. The number of alkyl halides is 3. The lowest BCUT2D eigenvalue weighted by atomic mass is 9.96. The van der Waals surface area contributed by atoms with Crippen molar-refractivity contribution in [2.24, 2.45) is 5.92 Å². The monoisotopic (exact) mass is 301 g/mol. The highest BCUT2D eigenvalue weighted by Crippen LogP contribution is 2.33. The molecular weight excluding hydrogens is 279 g/mol. The van der Waals surface area contributed by atoms with Crippen LogP contribution in [0.4, 0.5) is 13.2 Å². The number of aliphatic hydroxyl groups is 1. The first-order valence-corrected chi connectivity index (χ1v) is 7.46. The number of aryl methyl sites for hydroxylation is 1. The van der Waals surface area contributed by atoms with E-state index in [2.05, 4.69) is 6.92 Å². The molecule has 0 radical (unpaired) electrons. The van der Waals surface area contributed by atoms with E-state index >= 15 is 0 Å². The Kier molecular flexibility index (Phi) is 5.27. The van der Waals surface area contributed by atoms with Crippen LogP contribution in [0.5, 0.6) is 0 Å². The van der Waals surface area contributed by atoms with Crippen LogP contribution in [0.15, 0.2) is 24.3 Å². The SMILES string of the molecule is CCc1ccc(C(O)CN2CCCC(C(F)(F)F)C2)cc1. The second kappa shape index (κ2) is 6.79. The van der Waals surface area contributed by atoms with E-state index in [1.54, 1.807) is 4.90 Å². The summed E-state index contributed by atoms with van der Waals surface area (Å²) >= 11 is 0. The summed E-state index contributed by atoms with van der Waals surface area (Å²) in [5.74, 6) is -1.26. The van der Waals surface area contributed by atoms with Crippen molar-refractivity contribution in [3.8, 4) is 0 Å². The number of aliphatic hydroxyl groups excluding tert-OH is 1. The van der Waals surface area contributed by atoms with Crippen LogP contribution in [-0.4, -0.2) is 35.8 Å². The maximum atomic E-state index is 12.8. The standard InChI is InChI=1S/C16H22F3NO/c1-2-12-5-7-13(8-6-12)15(21)11-20-9-3-4-14(10-20)16(17,18)19/h5-8,14-15,21H,2-4,9-11H2,1H3. The van der Waals surface area contributed by atoms with Crippen molar-refractivity contribution >= 4 is 0 Å². The summed E-state index contributed by atoms with van der Waals surface area (Å²) < 4.78 is 38.3. The molecule has 1 saturated heterocycles. The Labute approximate surface area is 123 Å². The third-order valence-corrected chi connectivity index (χ3v) is 4.17. The number of β-amino-alcohol motifs (C(OH)–C–C–N with tert-alkyl or cyclic N) is 1. The highest BCUT2D eigenvalue weighted by molar-refractivity contribution is 5.24. The number of piperidine rings is 1. The summed E-state index contributed by atoms with van der Waals surface area (Å²) in [6.07, 6.45) is -3.21. The van der Waals surface area contributed by atoms with Crippen molar-refractivity contribution in [1.82, 2.24) is 4.90 Å². The van der Waals surface area contributed by atoms with Gasteiger partial charge in [0.25, 0.3) is 0 Å². The molecule has 118 valence electrons. The molecule has 1 heterocycles. The molecular formula is C16H22F3NO. The molecule has 1 fully saturated rings. The minimum atomic E-state index is -4.13. The Morgan fingerprint density at radius 3 is 2.52 bits per heavy atom. The fourth-order valence-electron chi connectivity index (χ4n) is 2.81. The summed E-state index contributed by atoms with van der Waals surface area (Å²) in [7, 11) is 0. The van der Waals surface area contributed by atoms with E-state index in [1.165, 1.54) is 5.56 Å². The van der Waals surface area contributed by atoms with E-state index < -0.39 is 18.2 Å². The Morgan fingerprint density at radius 1 is 1.29 bits per heavy atom. The van der Waals surface area contributed by atoms with Gasteiger partial charge in [-0.25, -0.2) is 0 Å². The lowest BCUT2D eigenvalue weighted by Gasteiger charge is -2.34. The highest BCUT2D eigenvalue weighted by Gasteiger charge is 2.41. The number of nitrogens with zero attached hydrogens (tertiary/aromatic N) is 1. The molecule has 2 rings (SSSR count). The third-order valence-electron chi connectivity index (χ3n) is 4.17. The molecule has 1 aromatic carbocycles. The predicted octanol–water partition coefficient (Wildman–Crippen LogP) is 3.56.